The Morgan fingerprint density at radius 1 is 1.32 bits per heavy atom. The number of nitrogens with two attached hydrogens (primary N) is 2. The molecular formula is C21H25Cl3N7O5S2+. The van der Waals surface area contributed by atoms with Gasteiger partial charge < -0.3 is 26.7 Å². The molecule has 0 radical (unpaired) electrons. The molecule has 17 heteroatoms. The first-order valence-corrected chi connectivity index (χ1v) is 13.0. The summed E-state index contributed by atoms with van der Waals surface area (Å²) in [4.78, 5) is 48.7. The van der Waals surface area contributed by atoms with Gasteiger partial charge in [0, 0.05) is 23.5 Å². The fourth-order valence-corrected chi connectivity index (χ4v) is 5.95. The maximum Gasteiger partial charge on any atom is 0.352 e. The number of halogens is 3. The molecule has 2 aliphatic heterocycles. The molecule has 2 aliphatic rings. The second kappa shape index (κ2) is 14.0. The number of aromatic nitrogens is 2. The fourth-order valence-electron chi connectivity index (χ4n) is 3.69. The highest BCUT2D eigenvalue weighted by molar-refractivity contribution is 8.00. The lowest BCUT2D eigenvalue weighted by molar-refractivity contribution is -0.689. The number of β-lactam (4-membered cyclic amide) rings is 1. The van der Waals surface area contributed by atoms with E-state index in [1.807, 2.05) is 35.2 Å². The topological polar surface area (TPSA) is 177 Å². The van der Waals surface area contributed by atoms with Crippen molar-refractivity contribution >= 4 is 88.1 Å². The molecule has 6 N–H and O–H groups in total. The van der Waals surface area contributed by atoms with Crippen molar-refractivity contribution in [1.82, 2.24) is 15.2 Å². The minimum absolute atomic E-state index is 0. The van der Waals surface area contributed by atoms with Crippen molar-refractivity contribution in [3.05, 3.63) is 51.9 Å². The van der Waals surface area contributed by atoms with Crippen LogP contribution in [0.1, 0.15) is 12.1 Å². The van der Waals surface area contributed by atoms with Gasteiger partial charge in [-0.15, -0.1) is 36.6 Å². The summed E-state index contributed by atoms with van der Waals surface area (Å²) in [6.07, 6.45) is 4.14. The molecule has 2 aromatic rings. The van der Waals surface area contributed by atoms with Crippen LogP contribution in [0.2, 0.25) is 4.34 Å². The van der Waals surface area contributed by atoms with Crippen molar-refractivity contribution in [3.63, 3.8) is 0 Å². The predicted octanol–water partition coefficient (Wildman–Crippen LogP) is 1.02. The highest BCUT2D eigenvalue weighted by atomic mass is 35.5. The Hall–Kier alpha value is -2.62. The van der Waals surface area contributed by atoms with E-state index in [9.17, 15) is 19.5 Å². The summed E-state index contributed by atoms with van der Waals surface area (Å²) >= 11 is 8.50. The van der Waals surface area contributed by atoms with E-state index in [1.54, 1.807) is 0 Å². The van der Waals surface area contributed by atoms with E-state index in [0.29, 0.717) is 30.8 Å². The maximum atomic E-state index is 13.1. The number of fused-ring (bicyclic) bond motifs is 1. The zero-order chi connectivity index (χ0) is 25.8. The Bertz CT molecular complexity index is 1250. The Morgan fingerprint density at radius 2 is 2.03 bits per heavy atom. The Kier molecular flexibility index (Phi) is 11.6. The van der Waals surface area contributed by atoms with Gasteiger partial charge in [0.25, 0.3) is 11.8 Å². The number of carboxylic acids is 1. The molecule has 1 saturated heterocycles. The fraction of sp³-hybridized carbons (Fsp3) is 0.333. The molecule has 1 fully saturated rings. The molecule has 0 saturated carbocycles. The quantitative estimate of drug-likeness (QED) is 0.0987. The summed E-state index contributed by atoms with van der Waals surface area (Å²) < 4.78 is 1.97. The number of nitrogens with one attached hydrogen (secondary N) is 1. The number of carbonyl (C=O) groups is 3. The number of rotatable bonds is 10. The van der Waals surface area contributed by atoms with Crippen LogP contribution in [0.15, 0.2) is 47.0 Å². The van der Waals surface area contributed by atoms with Crippen molar-refractivity contribution in [3.8, 4) is 0 Å². The van der Waals surface area contributed by atoms with Crippen molar-refractivity contribution in [1.29, 1.82) is 0 Å². The third-order valence-corrected chi connectivity index (χ3v) is 7.75. The molecule has 4 rings (SSSR count). The van der Waals surface area contributed by atoms with E-state index in [0.717, 1.165) is 11.3 Å². The molecule has 2 aromatic heterocycles. The highest BCUT2D eigenvalue weighted by Crippen LogP contribution is 2.40. The number of carbonyl (C=O) groups excluding carboxylic acids is 2. The molecule has 2 atom stereocenters. The molecule has 0 aromatic carbocycles. The molecule has 2 amide bonds. The third-order valence-electron chi connectivity index (χ3n) is 5.32. The first-order valence-electron chi connectivity index (χ1n) is 10.8. The van der Waals surface area contributed by atoms with Crippen LogP contribution >= 0.6 is 59.5 Å². The van der Waals surface area contributed by atoms with Gasteiger partial charge in [-0.25, -0.2) is 14.3 Å². The first kappa shape index (κ1) is 31.6. The number of nitrogen functional groups attached to an aromatic ring is 1. The van der Waals surface area contributed by atoms with Gasteiger partial charge in [0.1, 0.15) is 33.7 Å². The lowest BCUT2D eigenvalue weighted by Crippen LogP contribution is -2.71. The van der Waals surface area contributed by atoms with E-state index >= 15 is 0 Å². The minimum Gasteiger partial charge on any atom is -0.477 e. The third kappa shape index (κ3) is 6.68. The SMILES string of the molecule is Cl.Cl.NCCCON=C(C(=O)N[C@@H]1C(=O)N2C(C(=O)O)=C(C[n+]3ccccc3)CS[C@H]12)c1nc(N)sc1Cl. The van der Waals surface area contributed by atoms with Gasteiger partial charge in [0.05, 0.1) is 0 Å². The zero-order valence-corrected chi connectivity index (χ0v) is 23.6. The summed E-state index contributed by atoms with van der Waals surface area (Å²) in [5, 5.41) is 15.9. The number of pyridine rings is 1. The van der Waals surface area contributed by atoms with Crippen LogP contribution in [0, 0.1) is 0 Å². The van der Waals surface area contributed by atoms with E-state index in [1.165, 1.54) is 16.7 Å². The number of carboxylic acid groups (broad SMARTS) is 1. The number of thiazole rings is 1. The second-order valence-electron chi connectivity index (χ2n) is 7.76. The summed E-state index contributed by atoms with van der Waals surface area (Å²) in [6, 6.07) is 4.56. The van der Waals surface area contributed by atoms with E-state index in [4.69, 9.17) is 27.9 Å². The molecule has 4 heterocycles. The van der Waals surface area contributed by atoms with Crippen LogP contribution in [0.25, 0.3) is 0 Å². The Morgan fingerprint density at radius 3 is 2.63 bits per heavy atom. The molecule has 0 unspecified atom stereocenters. The first-order chi connectivity index (χ1) is 17.3. The normalized spacial score (nSPS) is 18.5. The summed E-state index contributed by atoms with van der Waals surface area (Å²) in [6.45, 7) is 0.856. The standard InChI is InChI=1S/C21H22ClN7O5S2.2ClH/c22-16-12(26-21(24)36-16)13(27-34-8-4-5-23)17(30)25-14-18(31)29-15(20(32)33)11(10-35-19(14)29)9-28-6-2-1-3-7-28;;/h1-3,6-7,14,19H,4-5,8-10,23H2,(H3-,24,25,26,30,32,33);2*1H/p+1/t14-,19-;;/m1../s1. The van der Waals surface area contributed by atoms with Gasteiger partial charge in [-0.1, -0.05) is 34.2 Å². The largest absolute Gasteiger partial charge is 0.477 e. The molecule has 12 nitrogen and oxygen atoms in total. The maximum absolute atomic E-state index is 13.1. The number of anilines is 1. The smallest absolute Gasteiger partial charge is 0.352 e. The second-order valence-corrected chi connectivity index (χ2v) is 10.5. The number of amides is 2. The molecular weight excluding hydrogens is 601 g/mol. The van der Waals surface area contributed by atoms with E-state index in [-0.39, 0.29) is 58.0 Å². The molecule has 0 bridgehead atoms. The van der Waals surface area contributed by atoms with Gasteiger partial charge >= 0.3 is 5.97 Å². The van der Waals surface area contributed by atoms with Gasteiger partial charge in [0.15, 0.2) is 29.8 Å². The van der Waals surface area contributed by atoms with Crippen molar-refractivity contribution in [2.75, 3.05) is 24.6 Å². The number of thioether (sulfide) groups is 1. The number of oxime groups is 1. The number of aliphatic carboxylic acids is 1. The molecule has 0 aliphatic carbocycles. The summed E-state index contributed by atoms with van der Waals surface area (Å²) in [5.74, 6) is -2.12. The molecule has 38 heavy (non-hydrogen) atoms. The van der Waals surface area contributed by atoms with Crippen molar-refractivity contribution < 1.29 is 28.9 Å². The lowest BCUT2D eigenvalue weighted by Gasteiger charge is -2.49. The van der Waals surface area contributed by atoms with E-state index < -0.39 is 29.2 Å². The molecule has 0 spiro atoms. The van der Waals surface area contributed by atoms with Gasteiger partial charge in [-0.05, 0) is 13.0 Å². The zero-order valence-electron chi connectivity index (χ0n) is 19.6. The molecule has 206 valence electrons. The Labute approximate surface area is 243 Å². The average molecular weight is 626 g/mol. The van der Waals surface area contributed by atoms with Gasteiger partial charge in [-0.2, -0.15) is 0 Å². The average Bonchev–Trinajstić information content (AvgIpc) is 3.19. The summed E-state index contributed by atoms with van der Waals surface area (Å²) in [7, 11) is 0. The van der Waals surface area contributed by atoms with Crippen LogP contribution in [0.5, 0.6) is 0 Å². The van der Waals surface area contributed by atoms with Crippen molar-refractivity contribution in [2.45, 2.75) is 24.4 Å². The summed E-state index contributed by atoms with van der Waals surface area (Å²) in [5.41, 5.74) is 11.5. The van der Waals surface area contributed by atoms with Gasteiger partial charge in [-0.3, -0.25) is 14.5 Å². The van der Waals surface area contributed by atoms with Gasteiger partial charge in [0.2, 0.25) is 0 Å². The monoisotopic (exact) mass is 624 g/mol. The van der Waals surface area contributed by atoms with Crippen LogP contribution in [-0.2, 0) is 25.8 Å². The lowest BCUT2D eigenvalue weighted by atomic mass is 10.0. The van der Waals surface area contributed by atoms with Crippen molar-refractivity contribution in [2.24, 2.45) is 10.9 Å². The van der Waals surface area contributed by atoms with Crippen LogP contribution < -0.4 is 21.4 Å². The van der Waals surface area contributed by atoms with Crippen LogP contribution in [-0.4, -0.2) is 68.8 Å². The minimum atomic E-state index is -1.20. The number of hydrogen-bond acceptors (Lipinski definition) is 10. The van der Waals surface area contributed by atoms with E-state index in [2.05, 4.69) is 15.5 Å². The number of hydrogen-bond donors (Lipinski definition) is 4. The predicted molar refractivity (Wildman–Crippen MR) is 149 cm³/mol. The van der Waals surface area contributed by atoms with Crippen LogP contribution in [0.3, 0.4) is 0 Å². The highest BCUT2D eigenvalue weighted by Gasteiger charge is 2.54. The Balaban J connectivity index is 0.00000253. The van der Waals surface area contributed by atoms with Crippen LogP contribution in [0.4, 0.5) is 5.13 Å². The number of nitrogens with zero attached hydrogens (tertiary/aromatic N) is 4.